The molecule has 8 nitrogen and oxygen atoms in total. The van der Waals surface area contributed by atoms with Crippen LogP contribution in [0.3, 0.4) is 0 Å². The maximum atomic E-state index is 12.9. The first-order chi connectivity index (χ1) is 15.2. The van der Waals surface area contributed by atoms with E-state index in [1.165, 1.54) is 26.8 Å². The van der Waals surface area contributed by atoms with E-state index in [-0.39, 0.29) is 13.0 Å². The highest BCUT2D eigenvalue weighted by Gasteiger charge is 2.51. The van der Waals surface area contributed by atoms with Gasteiger partial charge in [-0.25, -0.2) is 4.79 Å². The van der Waals surface area contributed by atoms with Crippen LogP contribution in [0.2, 0.25) is 0 Å². The Kier molecular flexibility index (Phi) is 8.99. The molecule has 1 aromatic rings. The van der Waals surface area contributed by atoms with Crippen LogP contribution in [0.25, 0.3) is 0 Å². The lowest BCUT2D eigenvalue weighted by Crippen LogP contribution is -2.53. The maximum absolute atomic E-state index is 12.9. The van der Waals surface area contributed by atoms with E-state index in [0.29, 0.717) is 18.4 Å². The molecule has 2 rings (SSSR count). The molecule has 0 aliphatic heterocycles. The van der Waals surface area contributed by atoms with Gasteiger partial charge in [0.15, 0.2) is 6.10 Å². The Labute approximate surface area is 187 Å². The summed E-state index contributed by atoms with van der Waals surface area (Å²) in [6, 6.07) is 9.82. The lowest BCUT2D eigenvalue weighted by molar-refractivity contribution is -0.187. The van der Waals surface area contributed by atoms with Gasteiger partial charge in [-0.3, -0.25) is 14.4 Å². The fourth-order valence-electron chi connectivity index (χ4n) is 3.85. The summed E-state index contributed by atoms with van der Waals surface area (Å²) in [6.07, 6.45) is 1.19. The van der Waals surface area contributed by atoms with Gasteiger partial charge in [-0.15, -0.1) is 0 Å². The Morgan fingerprint density at radius 1 is 0.938 bits per heavy atom. The number of ether oxygens (including phenoxy) is 4. The van der Waals surface area contributed by atoms with Gasteiger partial charge in [0.2, 0.25) is 5.60 Å². The number of hydrogen-bond acceptors (Lipinski definition) is 8. The molecule has 8 heteroatoms. The maximum Gasteiger partial charge on any atom is 0.354 e. The SMILES string of the molecule is CCOC(=O)C1(OC(C)=O)C=C(CCCc2ccccc2)C(OC(C)=O)C(OC(C)=O)C1. The normalized spacial score (nSPS) is 22.3. The molecule has 32 heavy (non-hydrogen) atoms. The summed E-state index contributed by atoms with van der Waals surface area (Å²) >= 11 is 0. The summed E-state index contributed by atoms with van der Waals surface area (Å²) in [5, 5.41) is 0. The first-order valence-corrected chi connectivity index (χ1v) is 10.6. The van der Waals surface area contributed by atoms with Crippen LogP contribution in [0, 0.1) is 0 Å². The van der Waals surface area contributed by atoms with Gasteiger partial charge in [0, 0.05) is 27.2 Å². The van der Waals surface area contributed by atoms with Crippen LogP contribution in [-0.4, -0.2) is 48.3 Å². The average Bonchev–Trinajstić information content (AvgIpc) is 2.70. The molecule has 0 fully saturated rings. The Hall–Kier alpha value is -3.16. The molecular formula is C24H30O8. The highest BCUT2D eigenvalue weighted by Crippen LogP contribution is 2.37. The number of benzene rings is 1. The quantitative estimate of drug-likeness (QED) is 0.324. The van der Waals surface area contributed by atoms with Gasteiger partial charge in [0.25, 0.3) is 0 Å². The molecule has 0 aromatic heterocycles. The molecule has 1 aliphatic rings. The van der Waals surface area contributed by atoms with Crippen molar-refractivity contribution >= 4 is 23.9 Å². The van der Waals surface area contributed by atoms with Crippen molar-refractivity contribution in [1.29, 1.82) is 0 Å². The molecule has 3 atom stereocenters. The van der Waals surface area contributed by atoms with Crippen molar-refractivity contribution < 1.29 is 38.1 Å². The third kappa shape index (κ3) is 6.93. The molecular weight excluding hydrogens is 416 g/mol. The zero-order valence-corrected chi connectivity index (χ0v) is 18.9. The summed E-state index contributed by atoms with van der Waals surface area (Å²) in [7, 11) is 0. The van der Waals surface area contributed by atoms with E-state index in [9.17, 15) is 19.2 Å². The Bertz CT molecular complexity index is 860. The number of carbonyl (C=O) groups is 4. The van der Waals surface area contributed by atoms with Crippen molar-refractivity contribution in [2.45, 2.75) is 71.2 Å². The fraction of sp³-hybridized carbons (Fsp3) is 0.500. The van der Waals surface area contributed by atoms with E-state index in [0.717, 1.165) is 12.0 Å². The minimum atomic E-state index is -1.78. The molecule has 0 heterocycles. The third-order valence-corrected chi connectivity index (χ3v) is 4.96. The van der Waals surface area contributed by atoms with Crippen molar-refractivity contribution in [3.8, 4) is 0 Å². The first-order valence-electron chi connectivity index (χ1n) is 10.6. The van der Waals surface area contributed by atoms with Gasteiger partial charge in [0.05, 0.1) is 6.61 Å². The molecule has 0 bridgehead atoms. The number of hydrogen-bond donors (Lipinski definition) is 0. The van der Waals surface area contributed by atoms with E-state index >= 15 is 0 Å². The Morgan fingerprint density at radius 3 is 2.16 bits per heavy atom. The van der Waals surface area contributed by atoms with Crippen LogP contribution in [-0.2, 0) is 44.5 Å². The summed E-state index contributed by atoms with van der Waals surface area (Å²) < 4.78 is 21.5. The largest absolute Gasteiger partial charge is 0.463 e. The fourth-order valence-corrected chi connectivity index (χ4v) is 3.85. The van der Waals surface area contributed by atoms with E-state index in [4.69, 9.17) is 18.9 Å². The minimum Gasteiger partial charge on any atom is -0.463 e. The van der Waals surface area contributed by atoms with E-state index < -0.39 is 41.7 Å². The smallest absolute Gasteiger partial charge is 0.354 e. The molecule has 0 radical (unpaired) electrons. The average molecular weight is 446 g/mol. The summed E-state index contributed by atoms with van der Waals surface area (Å²) in [4.78, 5) is 48.3. The van der Waals surface area contributed by atoms with Crippen molar-refractivity contribution in [2.24, 2.45) is 0 Å². The number of rotatable bonds is 9. The van der Waals surface area contributed by atoms with Crippen LogP contribution in [0.15, 0.2) is 42.0 Å². The molecule has 1 aliphatic carbocycles. The molecule has 1 aromatic carbocycles. The standard InChI is InChI=1S/C24H30O8/c1-5-29-23(28)24(32-18(4)27)14-20(13-9-12-19-10-7-6-8-11-19)22(31-17(3)26)21(15-24)30-16(2)25/h6-8,10-11,14,21-22H,5,9,12-13,15H2,1-4H3. The summed E-state index contributed by atoms with van der Waals surface area (Å²) in [5.74, 6) is -2.63. The van der Waals surface area contributed by atoms with Crippen molar-refractivity contribution in [3.05, 3.63) is 47.5 Å². The van der Waals surface area contributed by atoms with Crippen molar-refractivity contribution in [1.82, 2.24) is 0 Å². The van der Waals surface area contributed by atoms with Crippen LogP contribution >= 0.6 is 0 Å². The van der Waals surface area contributed by atoms with Gasteiger partial charge in [-0.1, -0.05) is 30.3 Å². The predicted octanol–water partition coefficient (Wildman–Crippen LogP) is 3.07. The van der Waals surface area contributed by atoms with E-state index in [1.54, 1.807) is 6.92 Å². The second kappa shape index (κ2) is 11.5. The predicted molar refractivity (Wildman–Crippen MR) is 114 cm³/mol. The van der Waals surface area contributed by atoms with Crippen LogP contribution < -0.4 is 0 Å². The summed E-state index contributed by atoms with van der Waals surface area (Å²) in [6.45, 7) is 5.37. The molecule has 0 N–H and O–H groups in total. The second-order valence-electron chi connectivity index (χ2n) is 7.64. The van der Waals surface area contributed by atoms with Crippen molar-refractivity contribution in [3.63, 3.8) is 0 Å². The van der Waals surface area contributed by atoms with Gasteiger partial charge in [-0.2, -0.15) is 0 Å². The molecule has 3 unspecified atom stereocenters. The minimum absolute atomic E-state index is 0.0740. The van der Waals surface area contributed by atoms with Crippen LogP contribution in [0.1, 0.15) is 52.5 Å². The molecule has 0 saturated carbocycles. The highest BCUT2D eigenvalue weighted by atomic mass is 16.6. The Morgan fingerprint density at radius 2 is 1.59 bits per heavy atom. The van der Waals surface area contributed by atoms with E-state index in [1.807, 2.05) is 30.3 Å². The van der Waals surface area contributed by atoms with Crippen LogP contribution in [0.5, 0.6) is 0 Å². The molecule has 174 valence electrons. The topological polar surface area (TPSA) is 105 Å². The molecule has 0 spiro atoms. The van der Waals surface area contributed by atoms with Gasteiger partial charge >= 0.3 is 23.9 Å². The van der Waals surface area contributed by atoms with E-state index in [2.05, 4.69) is 0 Å². The molecule has 0 saturated heterocycles. The monoisotopic (exact) mass is 446 g/mol. The van der Waals surface area contributed by atoms with Gasteiger partial charge < -0.3 is 18.9 Å². The first kappa shape index (κ1) is 25.1. The third-order valence-electron chi connectivity index (χ3n) is 4.96. The lowest BCUT2D eigenvalue weighted by Gasteiger charge is -2.40. The number of carbonyl (C=O) groups excluding carboxylic acids is 4. The summed E-state index contributed by atoms with van der Waals surface area (Å²) in [5.41, 5.74) is -0.121. The molecule has 0 amide bonds. The van der Waals surface area contributed by atoms with Gasteiger partial charge in [0.1, 0.15) is 6.10 Å². The lowest BCUT2D eigenvalue weighted by atomic mass is 9.80. The van der Waals surface area contributed by atoms with Gasteiger partial charge in [-0.05, 0) is 43.4 Å². The van der Waals surface area contributed by atoms with Crippen molar-refractivity contribution in [2.75, 3.05) is 6.61 Å². The zero-order valence-electron chi connectivity index (χ0n) is 18.9. The number of esters is 4. The Balaban J connectivity index is 2.44. The number of aryl methyl sites for hydroxylation is 1. The zero-order chi connectivity index (χ0) is 23.7. The highest BCUT2D eigenvalue weighted by molar-refractivity contribution is 5.86. The second-order valence-corrected chi connectivity index (χ2v) is 7.64. The van der Waals surface area contributed by atoms with Crippen LogP contribution in [0.4, 0.5) is 0 Å².